The highest BCUT2D eigenvalue weighted by atomic mass is 32.2. The minimum atomic E-state index is 0.373. The maximum Gasteiger partial charge on any atom is 0.225 e. The van der Waals surface area contributed by atoms with Gasteiger partial charge in [0.05, 0.1) is 0 Å². The van der Waals surface area contributed by atoms with E-state index in [0.29, 0.717) is 17.1 Å². The number of thioether (sulfide) groups is 1. The van der Waals surface area contributed by atoms with Gasteiger partial charge in [-0.15, -0.1) is 11.3 Å². The molecule has 1 aromatic rings. The molecule has 4 heteroatoms. The van der Waals surface area contributed by atoms with Crippen LogP contribution in [0.1, 0.15) is 29.4 Å². The van der Waals surface area contributed by atoms with Gasteiger partial charge in [-0.25, -0.2) is 0 Å². The number of rotatable bonds is 2. The van der Waals surface area contributed by atoms with E-state index in [1.165, 1.54) is 4.88 Å². The molecule has 1 aliphatic heterocycles. The molecule has 1 amide bonds. The summed E-state index contributed by atoms with van der Waals surface area (Å²) in [6.45, 7) is 1.90. The lowest BCUT2D eigenvalue weighted by Gasteiger charge is -2.19. The molecule has 0 aromatic carbocycles. The number of nitrogens with zero attached hydrogens (tertiary/aromatic N) is 1. The molecule has 2 aliphatic rings. The maximum absolute atomic E-state index is 12.0. The van der Waals surface area contributed by atoms with Crippen LogP contribution in [-0.4, -0.2) is 29.6 Å². The quantitative estimate of drug-likeness (QED) is 0.820. The summed E-state index contributed by atoms with van der Waals surface area (Å²) < 4.78 is 0. The van der Waals surface area contributed by atoms with Gasteiger partial charge < -0.3 is 4.90 Å². The molecule has 1 aliphatic carbocycles. The monoisotopic (exact) mass is 267 g/mol. The molecule has 1 atom stereocenters. The first-order chi connectivity index (χ1) is 8.34. The zero-order valence-electron chi connectivity index (χ0n) is 9.80. The van der Waals surface area contributed by atoms with Crippen LogP contribution in [0.2, 0.25) is 0 Å². The van der Waals surface area contributed by atoms with Crippen LogP contribution in [0, 0.1) is 5.92 Å². The summed E-state index contributed by atoms with van der Waals surface area (Å²) in [5.41, 5.74) is 0. The maximum atomic E-state index is 12.0. The SMILES string of the molecule is O=C(C1CC1)N1CCS[C@@H](c2cccs2)CC1. The van der Waals surface area contributed by atoms with E-state index in [4.69, 9.17) is 0 Å². The molecule has 2 heterocycles. The molecule has 3 rings (SSSR count). The Labute approximate surface area is 110 Å². The van der Waals surface area contributed by atoms with Crippen LogP contribution >= 0.6 is 23.1 Å². The van der Waals surface area contributed by atoms with E-state index >= 15 is 0 Å². The van der Waals surface area contributed by atoms with Gasteiger partial charge in [-0.3, -0.25) is 4.79 Å². The highest BCUT2D eigenvalue weighted by Gasteiger charge is 2.34. The standard InChI is InChI=1S/C13H17NOS2/c15-13(10-3-4-10)14-6-5-12(17-9-7-14)11-2-1-8-16-11/h1-2,8,10,12H,3-7,9H2/t12-/m1/s1. The van der Waals surface area contributed by atoms with Crippen LogP contribution in [0.3, 0.4) is 0 Å². The van der Waals surface area contributed by atoms with E-state index in [1.807, 2.05) is 23.1 Å². The van der Waals surface area contributed by atoms with Crippen LogP contribution in [0.25, 0.3) is 0 Å². The summed E-state index contributed by atoms with van der Waals surface area (Å²) in [6, 6.07) is 4.35. The smallest absolute Gasteiger partial charge is 0.225 e. The fourth-order valence-electron chi connectivity index (χ4n) is 2.28. The van der Waals surface area contributed by atoms with Crippen molar-refractivity contribution >= 4 is 29.0 Å². The average molecular weight is 267 g/mol. The summed E-state index contributed by atoms with van der Waals surface area (Å²) in [7, 11) is 0. The molecule has 1 saturated heterocycles. The first-order valence-corrected chi connectivity index (χ1v) is 8.21. The second-order valence-electron chi connectivity index (χ2n) is 4.76. The summed E-state index contributed by atoms with van der Waals surface area (Å²) >= 11 is 3.85. The van der Waals surface area contributed by atoms with E-state index < -0.39 is 0 Å². The predicted molar refractivity (Wildman–Crippen MR) is 73.4 cm³/mol. The zero-order chi connectivity index (χ0) is 11.7. The average Bonchev–Trinajstić information content (AvgIpc) is 3.11. The number of carbonyl (C=O) groups excluding carboxylic acids is 1. The van der Waals surface area contributed by atoms with Gasteiger partial charge in [-0.2, -0.15) is 11.8 Å². The second-order valence-corrected chi connectivity index (χ2v) is 7.05. The Morgan fingerprint density at radius 2 is 2.18 bits per heavy atom. The van der Waals surface area contributed by atoms with E-state index in [2.05, 4.69) is 22.4 Å². The molecule has 0 radical (unpaired) electrons. The summed E-state index contributed by atoms with van der Waals surface area (Å²) in [5.74, 6) is 1.87. The Bertz CT molecular complexity index is 386. The fourth-order valence-corrected chi connectivity index (χ4v) is 4.52. The van der Waals surface area contributed by atoms with Gasteiger partial charge in [-0.05, 0) is 30.7 Å². The number of hydrogen-bond acceptors (Lipinski definition) is 3. The third kappa shape index (κ3) is 2.68. The number of hydrogen-bond donors (Lipinski definition) is 0. The normalized spacial score (nSPS) is 25.6. The Kier molecular flexibility index (Phi) is 3.43. The van der Waals surface area contributed by atoms with Gasteiger partial charge in [0, 0.05) is 34.9 Å². The fraction of sp³-hybridized carbons (Fsp3) is 0.615. The van der Waals surface area contributed by atoms with Crippen molar-refractivity contribution in [1.29, 1.82) is 0 Å². The van der Waals surface area contributed by atoms with E-state index in [1.54, 1.807) is 0 Å². The Morgan fingerprint density at radius 1 is 1.29 bits per heavy atom. The Morgan fingerprint density at radius 3 is 2.88 bits per heavy atom. The summed E-state index contributed by atoms with van der Waals surface area (Å²) in [4.78, 5) is 15.6. The summed E-state index contributed by atoms with van der Waals surface area (Å²) in [5, 5.41) is 2.75. The third-order valence-corrected chi connectivity index (χ3v) is 5.89. The van der Waals surface area contributed by atoms with Crippen molar-refractivity contribution in [2.45, 2.75) is 24.5 Å². The van der Waals surface area contributed by atoms with E-state index in [9.17, 15) is 4.79 Å². The predicted octanol–water partition coefficient (Wildman–Crippen LogP) is 3.16. The largest absolute Gasteiger partial charge is 0.342 e. The van der Waals surface area contributed by atoms with Crippen LogP contribution < -0.4 is 0 Å². The number of amides is 1. The molecule has 2 nitrogen and oxygen atoms in total. The highest BCUT2D eigenvalue weighted by molar-refractivity contribution is 7.99. The van der Waals surface area contributed by atoms with Gasteiger partial charge in [0.15, 0.2) is 0 Å². The summed E-state index contributed by atoms with van der Waals surface area (Å²) in [6.07, 6.45) is 3.36. The van der Waals surface area contributed by atoms with E-state index in [0.717, 1.165) is 38.1 Å². The molecular formula is C13H17NOS2. The van der Waals surface area contributed by atoms with Gasteiger partial charge in [-0.1, -0.05) is 6.07 Å². The van der Waals surface area contributed by atoms with E-state index in [-0.39, 0.29) is 0 Å². The Balaban J connectivity index is 1.61. The molecule has 1 aromatic heterocycles. The molecule has 1 saturated carbocycles. The van der Waals surface area contributed by atoms with Gasteiger partial charge in [0.1, 0.15) is 0 Å². The number of thiophene rings is 1. The molecule has 92 valence electrons. The van der Waals surface area contributed by atoms with Gasteiger partial charge >= 0.3 is 0 Å². The topological polar surface area (TPSA) is 20.3 Å². The number of carbonyl (C=O) groups is 1. The third-order valence-electron chi connectivity index (χ3n) is 3.44. The van der Waals surface area contributed by atoms with Crippen LogP contribution in [0.4, 0.5) is 0 Å². The van der Waals surface area contributed by atoms with Crippen molar-refractivity contribution in [3.63, 3.8) is 0 Å². The minimum absolute atomic E-state index is 0.373. The lowest BCUT2D eigenvalue weighted by atomic mass is 10.2. The minimum Gasteiger partial charge on any atom is -0.342 e. The second kappa shape index (κ2) is 5.02. The first-order valence-electron chi connectivity index (χ1n) is 6.28. The molecule has 17 heavy (non-hydrogen) atoms. The van der Waals surface area contributed by atoms with Crippen LogP contribution in [-0.2, 0) is 4.79 Å². The van der Waals surface area contributed by atoms with Gasteiger partial charge in [0.2, 0.25) is 5.91 Å². The highest BCUT2D eigenvalue weighted by Crippen LogP contribution is 2.38. The van der Waals surface area contributed by atoms with Crippen LogP contribution in [0.5, 0.6) is 0 Å². The lowest BCUT2D eigenvalue weighted by Crippen LogP contribution is -2.34. The van der Waals surface area contributed by atoms with Crippen molar-refractivity contribution in [1.82, 2.24) is 4.90 Å². The lowest BCUT2D eigenvalue weighted by molar-refractivity contribution is -0.132. The van der Waals surface area contributed by atoms with Crippen LogP contribution in [0.15, 0.2) is 17.5 Å². The molecule has 2 fully saturated rings. The van der Waals surface area contributed by atoms with Crippen molar-refractivity contribution in [3.05, 3.63) is 22.4 Å². The van der Waals surface area contributed by atoms with Crippen molar-refractivity contribution < 1.29 is 4.79 Å². The van der Waals surface area contributed by atoms with Crippen molar-refractivity contribution in [2.75, 3.05) is 18.8 Å². The first kappa shape index (κ1) is 11.6. The molecule has 0 bridgehead atoms. The zero-order valence-corrected chi connectivity index (χ0v) is 11.4. The van der Waals surface area contributed by atoms with Gasteiger partial charge in [0.25, 0.3) is 0 Å². The molecule has 0 unspecified atom stereocenters. The Hall–Kier alpha value is -0.480. The molecule has 0 N–H and O–H groups in total. The van der Waals surface area contributed by atoms with Crippen molar-refractivity contribution in [2.24, 2.45) is 5.92 Å². The van der Waals surface area contributed by atoms with Crippen molar-refractivity contribution in [3.8, 4) is 0 Å². The molecule has 0 spiro atoms. The molecular weight excluding hydrogens is 250 g/mol.